The van der Waals surface area contributed by atoms with Gasteiger partial charge in [-0.2, -0.15) is 0 Å². The zero-order valence-electron chi connectivity index (χ0n) is 30.3. The summed E-state index contributed by atoms with van der Waals surface area (Å²) in [7, 11) is 0. The van der Waals surface area contributed by atoms with Crippen molar-refractivity contribution in [2.24, 2.45) is 0 Å². The number of nitrogen functional groups attached to an aromatic ring is 1. The highest BCUT2D eigenvalue weighted by molar-refractivity contribution is 5.90. The molecular weight excluding hydrogens is 665 g/mol. The van der Waals surface area contributed by atoms with Crippen LogP contribution in [0, 0.1) is 13.8 Å². The van der Waals surface area contributed by atoms with Gasteiger partial charge in [-0.05, 0) is 101 Å². The van der Waals surface area contributed by atoms with Crippen LogP contribution in [-0.2, 0) is 48.4 Å². The second-order valence-corrected chi connectivity index (χ2v) is 13.3. The molecule has 2 aromatic carbocycles. The Hall–Kier alpha value is -6.10. The van der Waals surface area contributed by atoms with Crippen LogP contribution in [0.15, 0.2) is 97.6 Å². The number of aliphatic carboxylic acids is 1. The number of hydrogen-bond acceptors (Lipinski definition) is 7. The van der Waals surface area contributed by atoms with Crippen LogP contribution in [-0.4, -0.2) is 46.1 Å². The highest BCUT2D eigenvalue weighted by atomic mass is 16.4. The number of nitrogens with two attached hydrogens (primary N) is 1. The lowest BCUT2D eigenvalue weighted by Crippen LogP contribution is -2.21. The Morgan fingerprint density at radius 3 is 1.66 bits per heavy atom. The summed E-state index contributed by atoms with van der Waals surface area (Å²) in [6, 6.07) is 28.0. The minimum atomic E-state index is -0.800. The fourth-order valence-electron chi connectivity index (χ4n) is 6.87. The molecular formula is C42H46N8O3. The van der Waals surface area contributed by atoms with E-state index >= 15 is 0 Å². The molecule has 11 heteroatoms. The molecule has 6 aromatic rings. The van der Waals surface area contributed by atoms with Crippen LogP contribution in [0.2, 0.25) is 0 Å². The quantitative estimate of drug-likeness (QED) is 0.157. The Labute approximate surface area is 310 Å². The molecule has 272 valence electrons. The molecule has 0 spiro atoms. The number of anilines is 2. The lowest BCUT2D eigenvalue weighted by atomic mass is 10.0. The molecule has 0 aliphatic heterocycles. The van der Waals surface area contributed by atoms with E-state index in [4.69, 9.17) is 10.8 Å². The lowest BCUT2D eigenvalue weighted by molar-refractivity contribution is -0.137. The van der Waals surface area contributed by atoms with Crippen LogP contribution in [0.3, 0.4) is 0 Å². The predicted molar refractivity (Wildman–Crippen MR) is 207 cm³/mol. The first-order chi connectivity index (χ1) is 25.7. The molecule has 1 amide bonds. The van der Waals surface area contributed by atoms with E-state index in [1.54, 1.807) is 17.2 Å². The van der Waals surface area contributed by atoms with E-state index in [0.717, 1.165) is 77.3 Å². The fourth-order valence-corrected chi connectivity index (χ4v) is 6.87. The van der Waals surface area contributed by atoms with Crippen molar-refractivity contribution in [3.05, 3.63) is 132 Å². The van der Waals surface area contributed by atoms with Crippen molar-refractivity contribution in [1.82, 2.24) is 29.1 Å². The van der Waals surface area contributed by atoms with Gasteiger partial charge in [0.2, 0.25) is 5.91 Å². The van der Waals surface area contributed by atoms with Gasteiger partial charge in [-0.15, -0.1) is 0 Å². The van der Waals surface area contributed by atoms with Crippen LogP contribution < -0.4 is 11.1 Å². The van der Waals surface area contributed by atoms with Crippen LogP contribution in [0.5, 0.6) is 0 Å². The van der Waals surface area contributed by atoms with Gasteiger partial charge in [-0.1, -0.05) is 60.7 Å². The largest absolute Gasteiger partial charge is 0.480 e. The van der Waals surface area contributed by atoms with Crippen LogP contribution >= 0.6 is 0 Å². The number of nitrogens with one attached hydrogen (secondary N) is 1. The number of carbonyl (C=O) groups is 2. The van der Waals surface area contributed by atoms with Crippen molar-refractivity contribution >= 4 is 23.5 Å². The number of pyridine rings is 2. The van der Waals surface area contributed by atoms with Gasteiger partial charge >= 0.3 is 5.97 Å². The number of carboxylic acids is 1. The number of rotatable bonds is 7. The lowest BCUT2D eigenvalue weighted by Gasteiger charge is -2.14. The molecule has 0 saturated carbocycles. The first-order valence-electron chi connectivity index (χ1n) is 18.1. The maximum absolute atomic E-state index is 12.4. The van der Waals surface area contributed by atoms with Crippen molar-refractivity contribution in [3.63, 3.8) is 0 Å². The molecule has 4 heterocycles. The topological polar surface area (TPSA) is 154 Å². The molecule has 0 saturated heterocycles. The number of hydrogen-bond donors (Lipinski definition) is 3. The molecule has 2 aliphatic rings. The summed E-state index contributed by atoms with van der Waals surface area (Å²) in [4.78, 5) is 40.4. The van der Waals surface area contributed by atoms with E-state index in [9.17, 15) is 9.59 Å². The summed E-state index contributed by atoms with van der Waals surface area (Å²) in [5.41, 5.74) is 16.5. The van der Waals surface area contributed by atoms with E-state index in [2.05, 4.69) is 49.5 Å². The zero-order valence-corrected chi connectivity index (χ0v) is 30.3. The number of imidazole rings is 2. The molecule has 0 atom stereocenters. The van der Waals surface area contributed by atoms with Gasteiger partial charge in [-0.25, -0.2) is 19.9 Å². The number of amides is 1. The van der Waals surface area contributed by atoms with Crippen LogP contribution in [0.4, 0.5) is 11.6 Å². The summed E-state index contributed by atoms with van der Waals surface area (Å²) in [5, 5.41) is 11.5. The van der Waals surface area contributed by atoms with Gasteiger partial charge in [0.15, 0.2) is 0 Å². The second kappa shape index (κ2) is 17.4. The highest BCUT2D eigenvalue weighted by Crippen LogP contribution is 2.25. The number of fused-ring (bicyclic) bond motifs is 2. The van der Waals surface area contributed by atoms with Crippen LogP contribution in [0.1, 0.15) is 59.8 Å². The first kappa shape index (κ1) is 36.7. The highest BCUT2D eigenvalue weighted by Gasteiger charge is 2.18. The number of nitrogens with zero attached hydrogens (tertiary/aromatic N) is 6. The molecule has 0 radical (unpaired) electrons. The number of benzene rings is 2. The molecule has 0 unspecified atom stereocenters. The Morgan fingerprint density at radius 2 is 1.15 bits per heavy atom. The monoisotopic (exact) mass is 710 g/mol. The van der Waals surface area contributed by atoms with Gasteiger partial charge in [0, 0.05) is 33.9 Å². The Morgan fingerprint density at radius 1 is 0.660 bits per heavy atom. The first-order valence-corrected chi connectivity index (χ1v) is 18.1. The minimum absolute atomic E-state index is 0.0440. The zero-order chi connectivity index (χ0) is 37.2. The van der Waals surface area contributed by atoms with Gasteiger partial charge in [0.25, 0.3) is 0 Å². The van der Waals surface area contributed by atoms with Gasteiger partial charge in [0.05, 0.1) is 24.0 Å². The SMILES string of the molecule is Cc1nc(N)ccc1-c1ccccc1.Cc1nc(NC(=O)Cn2cnc3c2CCCC3)ccc1-c1ccccc1.O=C(O)Cn1cnc2c1CCCC2. The number of aromatic nitrogens is 6. The van der Waals surface area contributed by atoms with E-state index in [0.29, 0.717) is 11.6 Å². The number of carbonyl (C=O) groups excluding carboxylic acids is 1. The van der Waals surface area contributed by atoms with Gasteiger partial charge in [0.1, 0.15) is 24.7 Å². The van der Waals surface area contributed by atoms with Gasteiger partial charge < -0.3 is 25.3 Å². The molecule has 53 heavy (non-hydrogen) atoms. The fraction of sp³-hybridized carbons (Fsp3) is 0.286. The van der Waals surface area contributed by atoms with Crippen molar-refractivity contribution < 1.29 is 14.7 Å². The average molecular weight is 711 g/mol. The summed E-state index contributed by atoms with van der Waals surface area (Å²) >= 11 is 0. The third kappa shape index (κ3) is 9.62. The third-order valence-corrected chi connectivity index (χ3v) is 9.47. The third-order valence-electron chi connectivity index (χ3n) is 9.47. The summed E-state index contributed by atoms with van der Waals surface area (Å²) in [6.45, 7) is 4.26. The maximum Gasteiger partial charge on any atom is 0.323 e. The summed E-state index contributed by atoms with van der Waals surface area (Å²) < 4.78 is 3.71. The van der Waals surface area contributed by atoms with E-state index in [1.165, 1.54) is 30.5 Å². The Bertz CT molecular complexity index is 2160. The van der Waals surface area contributed by atoms with E-state index in [-0.39, 0.29) is 19.0 Å². The Kier molecular flexibility index (Phi) is 12.1. The minimum Gasteiger partial charge on any atom is -0.480 e. The van der Waals surface area contributed by atoms with Crippen molar-refractivity contribution in [1.29, 1.82) is 0 Å². The van der Waals surface area contributed by atoms with Crippen LogP contribution in [0.25, 0.3) is 22.3 Å². The van der Waals surface area contributed by atoms with Crippen molar-refractivity contribution in [2.75, 3.05) is 11.1 Å². The van der Waals surface area contributed by atoms with Gasteiger partial charge in [-0.3, -0.25) is 9.59 Å². The van der Waals surface area contributed by atoms with Crippen molar-refractivity contribution in [3.8, 4) is 22.3 Å². The number of aryl methyl sites for hydroxylation is 4. The van der Waals surface area contributed by atoms with E-state index in [1.807, 2.05) is 79.1 Å². The molecule has 4 N–H and O–H groups in total. The molecule has 11 nitrogen and oxygen atoms in total. The smallest absolute Gasteiger partial charge is 0.323 e. The molecule has 8 rings (SSSR count). The van der Waals surface area contributed by atoms with Crippen molar-refractivity contribution in [2.45, 2.75) is 78.3 Å². The Balaban J connectivity index is 0.000000150. The predicted octanol–water partition coefficient (Wildman–Crippen LogP) is 7.26. The average Bonchev–Trinajstić information content (AvgIpc) is 3.76. The molecule has 4 aromatic heterocycles. The van der Waals surface area contributed by atoms with E-state index < -0.39 is 5.97 Å². The summed E-state index contributed by atoms with van der Waals surface area (Å²) in [5.74, 6) is 0.282. The second-order valence-electron chi connectivity index (χ2n) is 13.3. The summed E-state index contributed by atoms with van der Waals surface area (Å²) in [6.07, 6.45) is 12.1. The molecule has 0 bridgehead atoms. The maximum atomic E-state index is 12.4. The number of carboxylic acid groups (broad SMARTS) is 1. The normalized spacial score (nSPS) is 12.9. The standard InChI is InChI=1S/C21H22N4O.C12H12N2.C9H12N2O2/c1-15-17(16-7-3-2-4-8-16)11-12-20(23-15)24-21(26)13-25-14-22-18-9-5-6-10-19(18)25;1-9-11(7-8-12(13)14-9)10-5-3-2-4-6-10;12-9(13)5-11-6-10-7-3-1-2-4-8(7)11/h2-4,7-8,11-12,14H,5-6,9-10,13H2,1H3,(H,23,24,26);2-8H,1H3,(H2,13,14);6H,1-5H2,(H,12,13). The molecule has 0 fully saturated rings. The molecule has 2 aliphatic carbocycles.